The van der Waals surface area contributed by atoms with E-state index in [1.54, 1.807) is 0 Å². The van der Waals surface area contributed by atoms with Gasteiger partial charge in [0.1, 0.15) is 12.3 Å². The van der Waals surface area contributed by atoms with Gasteiger partial charge in [0.2, 0.25) is 0 Å². The van der Waals surface area contributed by atoms with Crippen molar-refractivity contribution < 1.29 is 14.6 Å². The number of nitrogens with zero attached hydrogens (tertiary/aromatic N) is 3. The van der Waals surface area contributed by atoms with Gasteiger partial charge in [0.25, 0.3) is 5.88 Å². The zero-order chi connectivity index (χ0) is 16.5. The summed E-state index contributed by atoms with van der Waals surface area (Å²) >= 11 is 0. The van der Waals surface area contributed by atoms with Crippen molar-refractivity contribution in [1.82, 2.24) is 14.7 Å². The first kappa shape index (κ1) is 16.2. The van der Waals surface area contributed by atoms with Crippen LogP contribution in [0.4, 0.5) is 5.69 Å². The van der Waals surface area contributed by atoms with Crippen LogP contribution >= 0.6 is 0 Å². The van der Waals surface area contributed by atoms with Gasteiger partial charge in [0, 0.05) is 18.1 Å². The number of fused-ring (bicyclic) bond motifs is 2. The number of ether oxygens (including phenoxy) is 2. The van der Waals surface area contributed by atoms with E-state index in [4.69, 9.17) is 20.3 Å². The molecule has 0 unspecified atom stereocenters. The van der Waals surface area contributed by atoms with Crippen LogP contribution in [0.2, 0.25) is 0 Å². The molecule has 0 spiro atoms. The van der Waals surface area contributed by atoms with E-state index < -0.39 is 0 Å². The Balaban J connectivity index is 1.36. The fourth-order valence-electron chi connectivity index (χ4n) is 4.71. The summed E-state index contributed by atoms with van der Waals surface area (Å²) in [6.45, 7) is 2.03. The van der Waals surface area contributed by atoms with Crippen LogP contribution in [0.1, 0.15) is 44.6 Å². The topological polar surface area (TPSA) is 85.8 Å². The van der Waals surface area contributed by atoms with Crippen LogP contribution in [-0.4, -0.2) is 64.3 Å². The highest BCUT2D eigenvalue weighted by molar-refractivity contribution is 5.46. The standard InChI is InChI=1S/C17H28N4O3/c18-16-9-20(19-17(16)24-8-7-22)12-1-3-13(4-2-12)21-14-5-6-15(21)11-23-10-14/h9,12-15,22H,1-8,10-11,18H2/t12?,13?,14-,15+. The number of rotatable bonds is 5. The molecule has 1 aromatic heterocycles. The van der Waals surface area contributed by atoms with Crippen LogP contribution in [0, 0.1) is 0 Å². The summed E-state index contributed by atoms with van der Waals surface area (Å²) in [5.41, 5.74) is 6.52. The van der Waals surface area contributed by atoms with E-state index in [9.17, 15) is 0 Å². The molecule has 134 valence electrons. The number of morpholine rings is 1. The quantitative estimate of drug-likeness (QED) is 0.840. The van der Waals surface area contributed by atoms with Gasteiger partial charge in [-0.2, -0.15) is 0 Å². The molecule has 1 saturated carbocycles. The van der Waals surface area contributed by atoms with Crippen molar-refractivity contribution in [2.75, 3.05) is 32.2 Å². The average Bonchev–Trinajstić information content (AvgIpc) is 3.09. The van der Waals surface area contributed by atoms with E-state index in [0.717, 1.165) is 26.1 Å². The van der Waals surface area contributed by atoms with Crippen molar-refractivity contribution in [2.45, 2.75) is 62.7 Å². The third-order valence-electron chi connectivity index (χ3n) is 5.81. The second kappa shape index (κ2) is 6.90. The fourth-order valence-corrected chi connectivity index (χ4v) is 4.71. The number of aliphatic hydroxyl groups excluding tert-OH is 1. The Hall–Kier alpha value is -1.31. The molecule has 1 aromatic rings. The van der Waals surface area contributed by atoms with Crippen LogP contribution in [-0.2, 0) is 4.74 Å². The lowest BCUT2D eigenvalue weighted by molar-refractivity contribution is -0.0458. The second-order valence-electron chi connectivity index (χ2n) is 7.27. The van der Waals surface area contributed by atoms with E-state index >= 15 is 0 Å². The van der Waals surface area contributed by atoms with Crippen LogP contribution < -0.4 is 10.5 Å². The molecule has 3 aliphatic rings. The second-order valence-corrected chi connectivity index (χ2v) is 7.27. The molecule has 2 atom stereocenters. The Morgan fingerprint density at radius 2 is 1.71 bits per heavy atom. The van der Waals surface area contributed by atoms with Crippen molar-refractivity contribution in [3.8, 4) is 5.88 Å². The minimum absolute atomic E-state index is 0.0285. The molecule has 0 aromatic carbocycles. The fraction of sp³-hybridized carbons (Fsp3) is 0.824. The zero-order valence-electron chi connectivity index (χ0n) is 14.1. The number of hydrogen-bond donors (Lipinski definition) is 2. The predicted molar refractivity (Wildman–Crippen MR) is 90.0 cm³/mol. The van der Waals surface area contributed by atoms with E-state index in [-0.39, 0.29) is 13.2 Å². The molecule has 4 rings (SSSR count). The van der Waals surface area contributed by atoms with Crippen LogP contribution in [0.3, 0.4) is 0 Å². The van der Waals surface area contributed by atoms with Gasteiger partial charge in [-0.25, -0.2) is 0 Å². The Labute approximate surface area is 142 Å². The third-order valence-corrected chi connectivity index (χ3v) is 5.81. The molecule has 3 fully saturated rings. The number of nitrogen functional groups attached to an aromatic ring is 1. The summed E-state index contributed by atoms with van der Waals surface area (Å²) in [6.07, 6.45) is 9.15. The highest BCUT2D eigenvalue weighted by atomic mass is 16.5. The summed E-state index contributed by atoms with van der Waals surface area (Å²) in [5.74, 6) is 0.442. The number of aliphatic hydroxyl groups is 1. The van der Waals surface area contributed by atoms with E-state index in [2.05, 4.69) is 10.00 Å². The lowest BCUT2D eigenvalue weighted by Crippen LogP contribution is -2.52. The molecule has 7 heteroatoms. The maximum absolute atomic E-state index is 8.86. The maximum Gasteiger partial charge on any atom is 0.256 e. The van der Waals surface area contributed by atoms with E-state index in [1.807, 2.05) is 10.9 Å². The van der Waals surface area contributed by atoms with Crippen molar-refractivity contribution >= 4 is 5.69 Å². The van der Waals surface area contributed by atoms with Crippen LogP contribution in [0.15, 0.2) is 6.20 Å². The largest absolute Gasteiger partial charge is 0.473 e. The minimum atomic E-state index is -0.0285. The molecule has 1 aliphatic carbocycles. The Morgan fingerprint density at radius 3 is 2.38 bits per heavy atom. The van der Waals surface area contributed by atoms with Gasteiger partial charge in [0.05, 0.1) is 32.1 Å². The summed E-state index contributed by atoms with van der Waals surface area (Å²) in [6, 6.07) is 2.38. The summed E-state index contributed by atoms with van der Waals surface area (Å²) in [5, 5.41) is 13.3. The highest BCUT2D eigenvalue weighted by Crippen LogP contribution is 2.38. The first-order valence-electron chi connectivity index (χ1n) is 9.19. The van der Waals surface area contributed by atoms with Gasteiger partial charge in [-0.3, -0.25) is 9.58 Å². The molecule has 3 heterocycles. The monoisotopic (exact) mass is 336 g/mol. The number of anilines is 1. The summed E-state index contributed by atoms with van der Waals surface area (Å²) < 4.78 is 13.1. The first-order chi connectivity index (χ1) is 11.8. The molecule has 2 aliphatic heterocycles. The summed E-state index contributed by atoms with van der Waals surface area (Å²) in [7, 11) is 0. The van der Waals surface area contributed by atoms with Crippen molar-refractivity contribution in [3.63, 3.8) is 0 Å². The van der Waals surface area contributed by atoms with Crippen LogP contribution in [0.5, 0.6) is 5.88 Å². The van der Waals surface area contributed by atoms with Gasteiger partial charge in [-0.05, 0) is 38.5 Å². The number of hydrogen-bond acceptors (Lipinski definition) is 6. The molecule has 24 heavy (non-hydrogen) atoms. The molecular weight excluding hydrogens is 308 g/mol. The normalized spacial score (nSPS) is 33.7. The Kier molecular flexibility index (Phi) is 4.65. The zero-order valence-corrected chi connectivity index (χ0v) is 14.1. The van der Waals surface area contributed by atoms with Gasteiger partial charge < -0.3 is 20.3 Å². The number of nitrogens with two attached hydrogens (primary N) is 1. The maximum atomic E-state index is 8.86. The third kappa shape index (κ3) is 3.00. The lowest BCUT2D eigenvalue weighted by atomic mass is 9.89. The molecule has 0 radical (unpaired) electrons. The van der Waals surface area contributed by atoms with Crippen LogP contribution in [0.25, 0.3) is 0 Å². The first-order valence-corrected chi connectivity index (χ1v) is 9.19. The molecule has 2 saturated heterocycles. The van der Waals surface area contributed by atoms with E-state index in [1.165, 1.54) is 25.7 Å². The van der Waals surface area contributed by atoms with Gasteiger partial charge >= 0.3 is 0 Å². The smallest absolute Gasteiger partial charge is 0.256 e. The van der Waals surface area contributed by atoms with Crippen molar-refractivity contribution in [3.05, 3.63) is 6.20 Å². The predicted octanol–water partition coefficient (Wildman–Crippen LogP) is 1.18. The lowest BCUT2D eigenvalue weighted by Gasteiger charge is -2.43. The van der Waals surface area contributed by atoms with E-state index in [0.29, 0.717) is 35.7 Å². The summed E-state index contributed by atoms with van der Waals surface area (Å²) in [4.78, 5) is 2.76. The Morgan fingerprint density at radius 1 is 1.08 bits per heavy atom. The SMILES string of the molecule is Nc1cn(C2CCC(N3[C@@H]4CC[C@H]3COC4)CC2)nc1OCCO. The molecule has 0 amide bonds. The molecule has 3 N–H and O–H groups in total. The highest BCUT2D eigenvalue weighted by Gasteiger charge is 2.42. The number of aromatic nitrogens is 2. The molecular formula is C17H28N4O3. The average molecular weight is 336 g/mol. The molecule has 7 nitrogen and oxygen atoms in total. The van der Waals surface area contributed by atoms with Crippen molar-refractivity contribution in [2.24, 2.45) is 0 Å². The van der Waals surface area contributed by atoms with Gasteiger partial charge in [0.15, 0.2) is 0 Å². The Bertz CT molecular complexity index is 540. The van der Waals surface area contributed by atoms with Crippen molar-refractivity contribution in [1.29, 1.82) is 0 Å². The van der Waals surface area contributed by atoms with Gasteiger partial charge in [-0.15, -0.1) is 5.10 Å². The van der Waals surface area contributed by atoms with Gasteiger partial charge in [-0.1, -0.05) is 0 Å². The molecule has 2 bridgehead atoms. The minimum Gasteiger partial charge on any atom is -0.473 e.